The minimum atomic E-state index is -0.363. The molecule has 2 N–H and O–H groups in total. The third-order valence-corrected chi connectivity index (χ3v) is 2.81. The Morgan fingerprint density at radius 3 is 2.62 bits per heavy atom. The highest BCUT2D eigenvalue weighted by atomic mass is 35.5. The fourth-order valence-electron chi connectivity index (χ4n) is 1.54. The molecule has 0 saturated carbocycles. The van der Waals surface area contributed by atoms with E-state index in [4.69, 9.17) is 21.9 Å². The first-order chi connectivity index (χ1) is 7.50. The van der Waals surface area contributed by atoms with Crippen molar-refractivity contribution in [3.8, 4) is 11.3 Å². The number of nitrogens with two attached hydrogens (primary N) is 1. The van der Waals surface area contributed by atoms with Crippen LogP contribution in [0.3, 0.4) is 0 Å². The van der Waals surface area contributed by atoms with Crippen molar-refractivity contribution in [1.82, 2.24) is 5.16 Å². The standard InChI is InChI=1S/C11H10ClFN2O/c1-5-3-7(12)6(2)10(11(5)13)8-4-9(14)15-16-8/h3-4H,1-2H3,(H2,14,15). The molecule has 0 aliphatic carbocycles. The third kappa shape index (κ3) is 1.65. The topological polar surface area (TPSA) is 52.0 Å². The number of hydrogen-bond acceptors (Lipinski definition) is 3. The Balaban J connectivity index is 2.73. The van der Waals surface area contributed by atoms with Crippen molar-refractivity contribution < 1.29 is 8.91 Å². The van der Waals surface area contributed by atoms with E-state index in [1.54, 1.807) is 19.9 Å². The molecular formula is C11H10ClFN2O. The summed E-state index contributed by atoms with van der Waals surface area (Å²) in [6.45, 7) is 3.36. The summed E-state index contributed by atoms with van der Waals surface area (Å²) in [6.07, 6.45) is 0. The molecule has 0 radical (unpaired) electrons. The lowest BCUT2D eigenvalue weighted by Gasteiger charge is -2.08. The fourth-order valence-corrected chi connectivity index (χ4v) is 1.80. The molecule has 1 aromatic carbocycles. The summed E-state index contributed by atoms with van der Waals surface area (Å²) < 4.78 is 18.9. The van der Waals surface area contributed by atoms with E-state index in [1.807, 2.05) is 0 Å². The van der Waals surface area contributed by atoms with Gasteiger partial charge in [-0.2, -0.15) is 0 Å². The van der Waals surface area contributed by atoms with Crippen molar-refractivity contribution in [3.63, 3.8) is 0 Å². The molecule has 1 aromatic heterocycles. The van der Waals surface area contributed by atoms with Crippen LogP contribution < -0.4 is 5.73 Å². The van der Waals surface area contributed by atoms with Crippen LogP contribution in [-0.2, 0) is 0 Å². The molecule has 0 spiro atoms. The average Bonchev–Trinajstić information content (AvgIpc) is 2.62. The zero-order valence-corrected chi connectivity index (χ0v) is 9.60. The van der Waals surface area contributed by atoms with E-state index in [0.29, 0.717) is 21.7 Å². The average molecular weight is 241 g/mol. The molecule has 0 bridgehead atoms. The number of nitrogens with zero attached hydrogens (tertiary/aromatic N) is 1. The Bertz CT molecular complexity index is 525. The Hall–Kier alpha value is -1.55. The lowest BCUT2D eigenvalue weighted by atomic mass is 10.0. The van der Waals surface area contributed by atoms with Gasteiger partial charge in [0.05, 0.1) is 5.56 Å². The van der Waals surface area contributed by atoms with Gasteiger partial charge in [-0.3, -0.25) is 0 Å². The number of hydrogen-bond donors (Lipinski definition) is 1. The summed E-state index contributed by atoms with van der Waals surface area (Å²) >= 11 is 5.99. The van der Waals surface area contributed by atoms with Crippen LogP contribution in [0.15, 0.2) is 16.7 Å². The van der Waals surface area contributed by atoms with Crippen LogP contribution in [0, 0.1) is 19.7 Å². The zero-order chi connectivity index (χ0) is 11.9. The van der Waals surface area contributed by atoms with E-state index in [1.165, 1.54) is 6.07 Å². The molecule has 2 aromatic rings. The van der Waals surface area contributed by atoms with E-state index in [-0.39, 0.29) is 17.4 Å². The summed E-state index contributed by atoms with van der Waals surface area (Å²) in [4.78, 5) is 0. The van der Waals surface area contributed by atoms with Gasteiger partial charge in [-0.15, -0.1) is 0 Å². The Labute approximate surface area is 97.0 Å². The van der Waals surface area contributed by atoms with Crippen LogP contribution in [0.25, 0.3) is 11.3 Å². The van der Waals surface area contributed by atoms with Crippen molar-refractivity contribution in [2.75, 3.05) is 5.73 Å². The highest BCUT2D eigenvalue weighted by molar-refractivity contribution is 6.31. The van der Waals surface area contributed by atoms with E-state index in [2.05, 4.69) is 5.16 Å². The van der Waals surface area contributed by atoms with Gasteiger partial charge in [0.2, 0.25) is 0 Å². The molecule has 3 nitrogen and oxygen atoms in total. The first-order valence-electron chi connectivity index (χ1n) is 4.68. The quantitative estimate of drug-likeness (QED) is 0.832. The summed E-state index contributed by atoms with van der Waals surface area (Å²) in [5.74, 6) is 0.141. The van der Waals surface area contributed by atoms with E-state index >= 15 is 0 Å². The number of nitrogen functional groups attached to an aromatic ring is 1. The largest absolute Gasteiger partial charge is 0.381 e. The van der Waals surface area contributed by atoms with Gasteiger partial charge < -0.3 is 10.3 Å². The Morgan fingerprint density at radius 2 is 2.06 bits per heavy atom. The lowest BCUT2D eigenvalue weighted by molar-refractivity contribution is 0.433. The second-order valence-corrected chi connectivity index (χ2v) is 4.01. The summed E-state index contributed by atoms with van der Waals surface area (Å²) in [5, 5.41) is 4.02. The van der Waals surface area contributed by atoms with Crippen LogP contribution >= 0.6 is 11.6 Å². The number of rotatable bonds is 1. The van der Waals surface area contributed by atoms with Gasteiger partial charge in [-0.1, -0.05) is 16.8 Å². The van der Waals surface area contributed by atoms with Crippen molar-refractivity contribution in [3.05, 3.63) is 34.1 Å². The molecular weight excluding hydrogens is 231 g/mol. The zero-order valence-electron chi connectivity index (χ0n) is 8.84. The Kier molecular flexibility index (Phi) is 2.59. The molecule has 2 rings (SSSR count). The second-order valence-electron chi connectivity index (χ2n) is 3.61. The monoisotopic (exact) mass is 240 g/mol. The minimum absolute atomic E-state index is 0.214. The van der Waals surface area contributed by atoms with Crippen molar-refractivity contribution in [2.24, 2.45) is 0 Å². The van der Waals surface area contributed by atoms with Crippen molar-refractivity contribution in [2.45, 2.75) is 13.8 Å². The van der Waals surface area contributed by atoms with Gasteiger partial charge in [-0.25, -0.2) is 4.39 Å². The maximum Gasteiger partial charge on any atom is 0.172 e. The van der Waals surface area contributed by atoms with Gasteiger partial charge in [-0.05, 0) is 31.0 Å². The van der Waals surface area contributed by atoms with Gasteiger partial charge in [0.15, 0.2) is 11.6 Å². The predicted molar refractivity (Wildman–Crippen MR) is 60.8 cm³/mol. The SMILES string of the molecule is Cc1cc(Cl)c(C)c(-c2cc(N)no2)c1F. The molecule has 0 unspecified atom stereocenters. The molecule has 0 amide bonds. The highest BCUT2D eigenvalue weighted by Crippen LogP contribution is 2.33. The number of anilines is 1. The Morgan fingerprint density at radius 1 is 1.38 bits per heavy atom. The van der Waals surface area contributed by atoms with Crippen LogP contribution in [0.2, 0.25) is 5.02 Å². The third-order valence-electron chi connectivity index (χ3n) is 2.42. The van der Waals surface area contributed by atoms with Crippen LogP contribution in [0.1, 0.15) is 11.1 Å². The normalized spacial score (nSPS) is 10.8. The van der Waals surface area contributed by atoms with E-state index in [0.717, 1.165) is 0 Å². The maximum absolute atomic E-state index is 14.0. The number of benzene rings is 1. The predicted octanol–water partition coefficient (Wildman–Crippen LogP) is 3.33. The smallest absolute Gasteiger partial charge is 0.172 e. The first-order valence-corrected chi connectivity index (χ1v) is 5.06. The number of aryl methyl sites for hydroxylation is 1. The van der Waals surface area contributed by atoms with Gasteiger partial charge in [0.25, 0.3) is 0 Å². The molecule has 1 heterocycles. The summed E-state index contributed by atoms with van der Waals surface area (Å²) in [5.41, 5.74) is 6.82. The van der Waals surface area contributed by atoms with Gasteiger partial charge >= 0.3 is 0 Å². The van der Waals surface area contributed by atoms with Crippen LogP contribution in [0.5, 0.6) is 0 Å². The van der Waals surface area contributed by atoms with Crippen molar-refractivity contribution in [1.29, 1.82) is 0 Å². The summed E-state index contributed by atoms with van der Waals surface area (Å²) in [7, 11) is 0. The second kappa shape index (κ2) is 3.79. The molecule has 0 fully saturated rings. The molecule has 0 atom stereocenters. The van der Waals surface area contributed by atoms with E-state index < -0.39 is 0 Å². The molecule has 84 valence electrons. The molecule has 0 aliphatic heterocycles. The van der Waals surface area contributed by atoms with Crippen molar-refractivity contribution >= 4 is 17.4 Å². The molecule has 16 heavy (non-hydrogen) atoms. The summed E-state index contributed by atoms with van der Waals surface area (Å²) in [6, 6.07) is 3.05. The molecule has 0 aliphatic rings. The van der Waals surface area contributed by atoms with E-state index in [9.17, 15) is 4.39 Å². The highest BCUT2D eigenvalue weighted by Gasteiger charge is 2.17. The van der Waals surface area contributed by atoms with Crippen LogP contribution in [-0.4, -0.2) is 5.16 Å². The van der Waals surface area contributed by atoms with Crippen LogP contribution in [0.4, 0.5) is 10.2 Å². The molecule has 5 heteroatoms. The number of halogens is 2. The fraction of sp³-hybridized carbons (Fsp3) is 0.182. The number of aromatic nitrogens is 1. The van der Waals surface area contributed by atoms with Gasteiger partial charge in [0, 0.05) is 11.1 Å². The first kappa shape index (κ1) is 11.0. The minimum Gasteiger partial charge on any atom is -0.381 e. The lowest BCUT2D eigenvalue weighted by Crippen LogP contribution is -1.93. The maximum atomic E-state index is 14.0. The molecule has 0 saturated heterocycles. The van der Waals surface area contributed by atoms with Gasteiger partial charge in [0.1, 0.15) is 5.82 Å².